The lowest BCUT2D eigenvalue weighted by atomic mass is 10.0. The minimum absolute atomic E-state index is 0.0204. The van der Waals surface area contributed by atoms with E-state index in [2.05, 4.69) is 26.5 Å². The highest BCUT2D eigenvalue weighted by Gasteiger charge is 2.47. The summed E-state index contributed by atoms with van der Waals surface area (Å²) in [5.74, 6) is 0.233. The van der Waals surface area contributed by atoms with Gasteiger partial charge >= 0.3 is 0 Å². The van der Waals surface area contributed by atoms with E-state index in [4.69, 9.17) is 0 Å². The molecule has 1 aromatic heterocycles. The third-order valence-corrected chi connectivity index (χ3v) is 6.71. The number of sulfone groups is 1. The fourth-order valence-electron chi connectivity index (χ4n) is 3.68. The van der Waals surface area contributed by atoms with Gasteiger partial charge in [-0.2, -0.15) is 0 Å². The van der Waals surface area contributed by atoms with Crippen LogP contribution in [-0.4, -0.2) is 87.6 Å². The van der Waals surface area contributed by atoms with E-state index in [1.165, 1.54) is 11.9 Å². The number of amides is 1. The van der Waals surface area contributed by atoms with Gasteiger partial charge in [0.2, 0.25) is 5.91 Å². The highest BCUT2D eigenvalue weighted by atomic mass is 32.2. The Balaban J connectivity index is 1.63. The number of carbonyl (C=O) groups excluding carboxylic acids is 1. The number of hydrogen-bond donors (Lipinski definition) is 0. The number of tetrazole rings is 1. The molecule has 0 aliphatic carbocycles. The van der Waals surface area contributed by atoms with E-state index in [9.17, 15) is 13.2 Å². The molecular formula is C16H26N6O3S. The molecule has 9 nitrogen and oxygen atoms in total. The second kappa shape index (κ2) is 7.83. The first-order valence-corrected chi connectivity index (χ1v) is 10.8. The SMILES string of the molecule is CC(C)=CCN1CCN(C(=O)CCCn2cnnn2)[C@@H]2CS(=O)(=O)C[C@@H]21. The Hall–Kier alpha value is -1.81. The van der Waals surface area contributed by atoms with Crippen LogP contribution in [0.4, 0.5) is 0 Å². The van der Waals surface area contributed by atoms with Crippen molar-refractivity contribution < 1.29 is 13.2 Å². The third kappa shape index (κ3) is 4.47. The van der Waals surface area contributed by atoms with Gasteiger partial charge in [-0.3, -0.25) is 9.69 Å². The molecule has 2 fully saturated rings. The van der Waals surface area contributed by atoms with Gasteiger partial charge in [-0.25, -0.2) is 13.1 Å². The number of aryl methyl sites for hydroxylation is 1. The van der Waals surface area contributed by atoms with Crippen LogP contribution in [0, 0.1) is 0 Å². The molecule has 26 heavy (non-hydrogen) atoms. The highest BCUT2D eigenvalue weighted by Crippen LogP contribution is 2.27. The van der Waals surface area contributed by atoms with Crippen LogP contribution in [0.2, 0.25) is 0 Å². The first-order valence-electron chi connectivity index (χ1n) is 8.94. The molecule has 0 bridgehead atoms. The zero-order valence-corrected chi connectivity index (χ0v) is 16.1. The summed E-state index contributed by atoms with van der Waals surface area (Å²) >= 11 is 0. The Kier molecular flexibility index (Phi) is 5.71. The van der Waals surface area contributed by atoms with Crippen molar-refractivity contribution in [1.29, 1.82) is 0 Å². The zero-order chi connectivity index (χ0) is 18.7. The second-order valence-electron chi connectivity index (χ2n) is 7.25. The summed E-state index contributed by atoms with van der Waals surface area (Å²) in [5, 5.41) is 10.9. The van der Waals surface area contributed by atoms with E-state index in [0.29, 0.717) is 32.5 Å². The van der Waals surface area contributed by atoms with Crippen molar-refractivity contribution in [2.75, 3.05) is 31.1 Å². The predicted molar refractivity (Wildman–Crippen MR) is 96.0 cm³/mol. The van der Waals surface area contributed by atoms with E-state index in [1.54, 1.807) is 9.58 Å². The predicted octanol–water partition coefficient (Wildman–Crippen LogP) is -0.271. The molecule has 3 rings (SSSR count). The molecule has 0 spiro atoms. The van der Waals surface area contributed by atoms with E-state index in [-0.39, 0.29) is 29.5 Å². The Bertz CT molecular complexity index is 757. The Morgan fingerprint density at radius 1 is 1.23 bits per heavy atom. The summed E-state index contributed by atoms with van der Waals surface area (Å²) in [5.41, 5.74) is 1.21. The van der Waals surface area contributed by atoms with Crippen LogP contribution in [-0.2, 0) is 21.2 Å². The van der Waals surface area contributed by atoms with Crippen molar-refractivity contribution >= 4 is 15.7 Å². The third-order valence-electron chi connectivity index (χ3n) is 5.01. The van der Waals surface area contributed by atoms with Crippen molar-refractivity contribution in [3.63, 3.8) is 0 Å². The minimum atomic E-state index is -3.11. The average Bonchev–Trinajstić information content (AvgIpc) is 3.18. The van der Waals surface area contributed by atoms with E-state index < -0.39 is 9.84 Å². The summed E-state index contributed by atoms with van der Waals surface area (Å²) in [6, 6.07) is -0.340. The summed E-state index contributed by atoms with van der Waals surface area (Å²) < 4.78 is 26.0. The summed E-state index contributed by atoms with van der Waals surface area (Å²) in [4.78, 5) is 16.7. The summed E-state index contributed by atoms with van der Waals surface area (Å²) in [6.45, 7) is 6.67. The lowest BCUT2D eigenvalue weighted by molar-refractivity contribution is -0.137. The smallest absolute Gasteiger partial charge is 0.223 e. The zero-order valence-electron chi connectivity index (χ0n) is 15.3. The van der Waals surface area contributed by atoms with Crippen LogP contribution in [0.1, 0.15) is 26.7 Å². The number of allylic oxidation sites excluding steroid dienone is 1. The largest absolute Gasteiger partial charge is 0.336 e. The van der Waals surface area contributed by atoms with Crippen molar-refractivity contribution in [3.05, 3.63) is 18.0 Å². The normalized spacial score (nSPS) is 25.1. The van der Waals surface area contributed by atoms with Crippen LogP contribution in [0.25, 0.3) is 0 Å². The fourth-order valence-corrected chi connectivity index (χ4v) is 5.69. The van der Waals surface area contributed by atoms with Gasteiger partial charge < -0.3 is 4.90 Å². The second-order valence-corrected chi connectivity index (χ2v) is 9.41. The van der Waals surface area contributed by atoms with Crippen LogP contribution in [0.5, 0.6) is 0 Å². The monoisotopic (exact) mass is 382 g/mol. The maximum Gasteiger partial charge on any atom is 0.223 e. The Morgan fingerprint density at radius 2 is 2.00 bits per heavy atom. The van der Waals surface area contributed by atoms with Gasteiger partial charge in [0, 0.05) is 38.6 Å². The molecule has 10 heteroatoms. The molecule has 2 aliphatic heterocycles. The number of rotatable bonds is 6. The molecule has 0 N–H and O–H groups in total. The van der Waals surface area contributed by atoms with Gasteiger partial charge in [0.15, 0.2) is 9.84 Å². The number of nitrogens with zero attached hydrogens (tertiary/aromatic N) is 6. The van der Waals surface area contributed by atoms with Crippen LogP contribution in [0.15, 0.2) is 18.0 Å². The lowest BCUT2D eigenvalue weighted by Gasteiger charge is -2.43. The van der Waals surface area contributed by atoms with Gasteiger partial charge in [0.1, 0.15) is 6.33 Å². The molecule has 1 amide bonds. The molecule has 0 aromatic carbocycles. The van der Waals surface area contributed by atoms with Crippen molar-refractivity contribution in [2.24, 2.45) is 0 Å². The molecule has 2 atom stereocenters. The number of carbonyl (C=O) groups is 1. The summed E-state index contributed by atoms with van der Waals surface area (Å²) in [7, 11) is -3.11. The number of fused-ring (bicyclic) bond motifs is 1. The van der Waals surface area contributed by atoms with Gasteiger partial charge in [0.05, 0.1) is 17.5 Å². The van der Waals surface area contributed by atoms with Crippen molar-refractivity contribution in [2.45, 2.75) is 45.3 Å². The van der Waals surface area contributed by atoms with Crippen LogP contribution >= 0.6 is 0 Å². The standard InChI is InChI=1S/C16H26N6O3S/c1-13(2)5-7-20-8-9-22(15-11-26(24,25)10-14(15)20)16(23)4-3-6-21-12-17-18-19-21/h5,12,14-15H,3-4,6-11H2,1-2H3/t14-,15+/m0/s1. The van der Waals surface area contributed by atoms with Gasteiger partial charge in [-0.15, -0.1) is 5.10 Å². The lowest BCUT2D eigenvalue weighted by Crippen LogP contribution is -2.60. The first-order chi connectivity index (χ1) is 12.4. The maximum atomic E-state index is 12.7. The molecule has 144 valence electrons. The fraction of sp³-hybridized carbons (Fsp3) is 0.750. The number of piperazine rings is 1. The highest BCUT2D eigenvalue weighted by molar-refractivity contribution is 7.91. The molecule has 2 saturated heterocycles. The van der Waals surface area contributed by atoms with Gasteiger partial charge in [-0.1, -0.05) is 11.6 Å². The van der Waals surface area contributed by atoms with E-state index in [1.807, 2.05) is 13.8 Å². The quantitative estimate of drug-likeness (QED) is 0.624. The Morgan fingerprint density at radius 3 is 2.69 bits per heavy atom. The van der Waals surface area contributed by atoms with Crippen molar-refractivity contribution in [3.8, 4) is 0 Å². The van der Waals surface area contributed by atoms with Crippen LogP contribution in [0.3, 0.4) is 0 Å². The van der Waals surface area contributed by atoms with E-state index in [0.717, 1.165) is 6.54 Å². The van der Waals surface area contributed by atoms with E-state index >= 15 is 0 Å². The molecule has 2 aliphatic rings. The van der Waals surface area contributed by atoms with Gasteiger partial charge in [0.25, 0.3) is 0 Å². The molecule has 0 radical (unpaired) electrons. The average molecular weight is 382 g/mol. The minimum Gasteiger partial charge on any atom is -0.336 e. The number of hydrogen-bond acceptors (Lipinski definition) is 7. The number of aromatic nitrogens is 4. The molecule has 0 unspecified atom stereocenters. The Labute approximate surface area is 153 Å². The first kappa shape index (κ1) is 19.0. The summed E-state index contributed by atoms with van der Waals surface area (Å²) in [6.07, 6.45) is 4.64. The molecule has 0 saturated carbocycles. The molecule has 3 heterocycles. The molecule has 1 aromatic rings. The van der Waals surface area contributed by atoms with Crippen LogP contribution < -0.4 is 0 Å². The topological polar surface area (TPSA) is 101 Å². The molecular weight excluding hydrogens is 356 g/mol. The van der Waals surface area contributed by atoms with Crippen molar-refractivity contribution in [1.82, 2.24) is 30.0 Å². The maximum absolute atomic E-state index is 12.7. The van der Waals surface area contributed by atoms with Gasteiger partial charge in [-0.05, 0) is 30.7 Å².